The molecule has 4 rings (SSSR count). The summed E-state index contributed by atoms with van der Waals surface area (Å²) in [5, 5.41) is 14.5. The lowest BCUT2D eigenvalue weighted by molar-refractivity contribution is -0.134. The first-order chi connectivity index (χ1) is 15.9. The average molecular weight is 469 g/mol. The van der Waals surface area contributed by atoms with Gasteiger partial charge in [0.25, 0.3) is 5.97 Å². The molecule has 0 saturated carbocycles. The van der Waals surface area contributed by atoms with E-state index in [9.17, 15) is 4.79 Å². The monoisotopic (exact) mass is 468 g/mol. The number of hydrogen-bond donors (Lipinski definition) is 4. The van der Waals surface area contributed by atoms with Gasteiger partial charge in [-0.25, -0.2) is 4.98 Å². The van der Waals surface area contributed by atoms with E-state index in [0.29, 0.717) is 15.6 Å². The van der Waals surface area contributed by atoms with E-state index < -0.39 is 5.97 Å². The Labute approximate surface area is 196 Å². The molecule has 0 spiro atoms. The van der Waals surface area contributed by atoms with Gasteiger partial charge < -0.3 is 26.2 Å². The van der Waals surface area contributed by atoms with Crippen LogP contribution < -0.4 is 21.1 Å². The third-order valence-electron chi connectivity index (χ3n) is 4.88. The summed E-state index contributed by atoms with van der Waals surface area (Å²) in [5.74, 6) is 0.157. The lowest BCUT2D eigenvalue weighted by Gasteiger charge is -2.12. The molecule has 1 aliphatic rings. The quantitative estimate of drug-likeness (QED) is 0.382. The fraction of sp³-hybridized carbons (Fsp3) is 0.292. The predicted molar refractivity (Wildman–Crippen MR) is 131 cm³/mol. The first kappa shape index (κ1) is 24.2. The third kappa shape index (κ3) is 7.03. The smallest absolute Gasteiger partial charge is 0.300 e. The van der Waals surface area contributed by atoms with E-state index in [-0.39, 0.29) is 17.7 Å². The van der Waals surface area contributed by atoms with Crippen LogP contribution in [0.4, 0.5) is 16.6 Å². The van der Waals surface area contributed by atoms with E-state index in [1.807, 2.05) is 48.5 Å². The van der Waals surface area contributed by atoms with Crippen molar-refractivity contribution in [3.63, 3.8) is 0 Å². The molecule has 1 aliphatic heterocycles. The molecule has 1 atom stereocenters. The fourth-order valence-corrected chi connectivity index (χ4v) is 4.14. The molecule has 1 saturated heterocycles. The van der Waals surface area contributed by atoms with Crippen LogP contribution in [-0.4, -0.2) is 41.0 Å². The second-order valence-electron chi connectivity index (χ2n) is 7.52. The summed E-state index contributed by atoms with van der Waals surface area (Å²) in [7, 11) is 0. The van der Waals surface area contributed by atoms with Crippen molar-refractivity contribution in [3.8, 4) is 5.75 Å². The summed E-state index contributed by atoms with van der Waals surface area (Å²) in [6.07, 6.45) is 2.13. The van der Waals surface area contributed by atoms with Gasteiger partial charge in [0.1, 0.15) is 22.5 Å². The number of ketones is 1. The molecule has 2 heterocycles. The molecule has 1 unspecified atom stereocenters. The number of hydrogen-bond acceptors (Lipinski definition) is 8. The Balaban J connectivity index is 0.000000709. The predicted octanol–water partition coefficient (Wildman–Crippen LogP) is 4.09. The van der Waals surface area contributed by atoms with Crippen molar-refractivity contribution in [2.45, 2.75) is 32.8 Å². The van der Waals surface area contributed by atoms with E-state index >= 15 is 0 Å². The minimum absolute atomic E-state index is 0.0997. The molecule has 5 N–H and O–H groups in total. The average Bonchev–Trinajstić information content (AvgIpc) is 3.43. The summed E-state index contributed by atoms with van der Waals surface area (Å²) in [4.78, 5) is 26.6. The van der Waals surface area contributed by atoms with Gasteiger partial charge in [-0.05, 0) is 55.3 Å². The van der Waals surface area contributed by atoms with Crippen LogP contribution in [0, 0.1) is 0 Å². The molecule has 8 nitrogen and oxygen atoms in total. The molecule has 3 aromatic rings. The Bertz CT molecular complexity index is 1090. The number of carboxylic acids is 1. The zero-order chi connectivity index (χ0) is 23.8. The van der Waals surface area contributed by atoms with Crippen molar-refractivity contribution >= 4 is 39.7 Å². The van der Waals surface area contributed by atoms with Crippen LogP contribution in [0.3, 0.4) is 0 Å². The number of anilines is 3. The molecule has 0 radical (unpaired) electrons. The first-order valence-electron chi connectivity index (χ1n) is 10.7. The summed E-state index contributed by atoms with van der Waals surface area (Å²) in [5.41, 5.74) is 8.65. The number of ether oxygens (including phenoxy) is 1. The zero-order valence-electron chi connectivity index (χ0n) is 18.6. The van der Waals surface area contributed by atoms with Gasteiger partial charge in [0.15, 0.2) is 5.13 Å². The van der Waals surface area contributed by atoms with E-state index in [1.54, 1.807) is 0 Å². The summed E-state index contributed by atoms with van der Waals surface area (Å²) in [6.45, 7) is 5.03. The third-order valence-corrected chi connectivity index (χ3v) is 5.87. The lowest BCUT2D eigenvalue weighted by atomic mass is 10.1. The summed E-state index contributed by atoms with van der Waals surface area (Å²) in [6, 6.07) is 15.4. The highest BCUT2D eigenvalue weighted by Gasteiger charge is 2.19. The molecular weight excluding hydrogens is 440 g/mol. The number of thiazole rings is 1. The van der Waals surface area contributed by atoms with Gasteiger partial charge in [-0.3, -0.25) is 9.59 Å². The SMILES string of the molecule is CC(=O)O.CCc1cccc(C(=O)c2sc(Nc3ccc(OC4CCNC4)cc3)nc2N)c1. The van der Waals surface area contributed by atoms with E-state index in [4.69, 9.17) is 20.4 Å². The van der Waals surface area contributed by atoms with Gasteiger partial charge in [0, 0.05) is 24.7 Å². The maximum Gasteiger partial charge on any atom is 0.300 e. The van der Waals surface area contributed by atoms with Crippen molar-refractivity contribution < 1.29 is 19.4 Å². The van der Waals surface area contributed by atoms with Gasteiger partial charge in [-0.1, -0.05) is 36.5 Å². The Morgan fingerprint density at radius 1 is 1.27 bits per heavy atom. The van der Waals surface area contributed by atoms with Gasteiger partial charge in [-0.2, -0.15) is 0 Å². The van der Waals surface area contributed by atoms with Crippen molar-refractivity contribution in [3.05, 3.63) is 64.5 Å². The van der Waals surface area contributed by atoms with Crippen molar-refractivity contribution in [2.75, 3.05) is 24.1 Å². The second-order valence-corrected chi connectivity index (χ2v) is 8.52. The van der Waals surface area contributed by atoms with E-state index in [1.165, 1.54) is 11.3 Å². The van der Waals surface area contributed by atoms with Crippen LogP contribution in [0.2, 0.25) is 0 Å². The highest BCUT2D eigenvalue weighted by Crippen LogP contribution is 2.30. The number of nitrogen functional groups attached to an aromatic ring is 1. The number of carbonyl (C=O) groups is 2. The fourth-order valence-electron chi connectivity index (χ4n) is 3.27. The Kier molecular flexibility index (Phi) is 8.39. The molecule has 1 aromatic heterocycles. The number of nitrogens with two attached hydrogens (primary N) is 1. The Morgan fingerprint density at radius 2 is 2.00 bits per heavy atom. The topological polar surface area (TPSA) is 127 Å². The first-order valence-corrected chi connectivity index (χ1v) is 11.5. The standard InChI is InChI=1S/C22H24N4O2S.C2H4O2/c1-2-14-4-3-5-15(12-14)19(27)20-21(23)26-22(29-20)25-16-6-8-17(9-7-16)28-18-10-11-24-13-18;1-2(3)4/h3-9,12,18,24H,2,10-11,13,23H2,1H3,(H,25,26);1H3,(H,3,4). The van der Waals surface area contributed by atoms with Crippen molar-refractivity contribution in [1.82, 2.24) is 10.3 Å². The molecule has 174 valence electrons. The van der Waals surface area contributed by atoms with Crippen molar-refractivity contribution in [2.24, 2.45) is 0 Å². The van der Waals surface area contributed by atoms with Crippen LogP contribution in [0.5, 0.6) is 5.75 Å². The second kappa shape index (κ2) is 11.4. The van der Waals surface area contributed by atoms with Crippen LogP contribution >= 0.6 is 11.3 Å². The number of nitrogens with zero attached hydrogens (tertiary/aromatic N) is 1. The molecular formula is C24H28N4O4S. The maximum absolute atomic E-state index is 12.9. The van der Waals surface area contributed by atoms with Crippen LogP contribution in [0.1, 0.15) is 41.1 Å². The number of carboxylic acid groups (broad SMARTS) is 1. The number of rotatable bonds is 7. The molecule has 0 aliphatic carbocycles. The highest BCUT2D eigenvalue weighted by atomic mass is 32.1. The van der Waals surface area contributed by atoms with Gasteiger partial charge >= 0.3 is 0 Å². The number of carbonyl (C=O) groups excluding carboxylic acids is 1. The Hall–Kier alpha value is -3.43. The van der Waals surface area contributed by atoms with Crippen LogP contribution in [0.25, 0.3) is 0 Å². The van der Waals surface area contributed by atoms with Gasteiger partial charge in [0.2, 0.25) is 5.78 Å². The molecule has 0 amide bonds. The minimum Gasteiger partial charge on any atom is -0.489 e. The summed E-state index contributed by atoms with van der Waals surface area (Å²) >= 11 is 1.26. The lowest BCUT2D eigenvalue weighted by Crippen LogP contribution is -2.19. The van der Waals surface area contributed by atoms with Crippen LogP contribution in [0.15, 0.2) is 48.5 Å². The largest absolute Gasteiger partial charge is 0.489 e. The van der Waals surface area contributed by atoms with Crippen molar-refractivity contribution in [1.29, 1.82) is 0 Å². The number of aromatic nitrogens is 1. The number of aryl methyl sites for hydroxylation is 1. The normalized spacial score (nSPS) is 14.8. The molecule has 0 bridgehead atoms. The molecule has 33 heavy (non-hydrogen) atoms. The van der Waals surface area contributed by atoms with E-state index in [0.717, 1.165) is 49.9 Å². The highest BCUT2D eigenvalue weighted by molar-refractivity contribution is 7.18. The number of benzene rings is 2. The molecule has 2 aromatic carbocycles. The molecule has 9 heteroatoms. The number of aliphatic carboxylic acids is 1. The maximum atomic E-state index is 12.9. The minimum atomic E-state index is -0.833. The summed E-state index contributed by atoms with van der Waals surface area (Å²) < 4.78 is 5.94. The van der Waals surface area contributed by atoms with Gasteiger partial charge in [-0.15, -0.1) is 0 Å². The Morgan fingerprint density at radius 3 is 2.64 bits per heavy atom. The zero-order valence-corrected chi connectivity index (χ0v) is 19.4. The van der Waals surface area contributed by atoms with Crippen LogP contribution in [-0.2, 0) is 11.2 Å². The van der Waals surface area contributed by atoms with Gasteiger partial charge in [0.05, 0.1) is 0 Å². The molecule has 1 fully saturated rings. The van der Waals surface area contributed by atoms with E-state index in [2.05, 4.69) is 22.5 Å². The number of nitrogens with one attached hydrogen (secondary N) is 2.